The molecule has 0 spiro atoms. The monoisotopic (exact) mass is 465 g/mol. The lowest BCUT2D eigenvalue weighted by atomic mass is 9.87. The summed E-state index contributed by atoms with van der Waals surface area (Å²) in [5, 5.41) is 0.960. The van der Waals surface area contributed by atoms with E-state index >= 15 is 0 Å². The van der Waals surface area contributed by atoms with Crippen LogP contribution >= 0.6 is 35.6 Å². The topological polar surface area (TPSA) is 63.2 Å². The molecule has 0 radical (unpaired) electrons. The highest BCUT2D eigenvalue weighted by molar-refractivity contribution is 7.93. The van der Waals surface area contributed by atoms with Crippen LogP contribution in [0.25, 0.3) is 10.1 Å². The summed E-state index contributed by atoms with van der Waals surface area (Å²) in [6.07, 6.45) is 3.90. The van der Waals surface area contributed by atoms with Crippen LogP contribution in [0, 0.1) is 5.92 Å². The summed E-state index contributed by atoms with van der Waals surface area (Å²) in [5.74, 6) is 0.605. The molecule has 1 aliphatic carbocycles. The van der Waals surface area contributed by atoms with E-state index in [0.717, 1.165) is 40.8 Å². The van der Waals surface area contributed by atoms with E-state index in [1.165, 1.54) is 6.07 Å². The van der Waals surface area contributed by atoms with Crippen molar-refractivity contribution in [3.63, 3.8) is 0 Å². The highest BCUT2D eigenvalue weighted by atomic mass is 35.5. The van der Waals surface area contributed by atoms with Gasteiger partial charge in [-0.05, 0) is 61.6 Å². The summed E-state index contributed by atoms with van der Waals surface area (Å²) in [6.45, 7) is 2.18. The molecule has 1 aromatic heterocycles. The Bertz CT molecular complexity index is 1270. The van der Waals surface area contributed by atoms with Gasteiger partial charge in [0, 0.05) is 30.4 Å². The smallest absolute Gasteiger partial charge is 0.263 e. The molecule has 0 saturated carbocycles. The fourth-order valence-corrected chi connectivity index (χ4v) is 7.00. The number of hydrogen-bond acceptors (Lipinski definition) is 5. The second-order valence-electron chi connectivity index (χ2n) is 7.28. The fraction of sp³-hybridized carbons (Fsp3) is 0.286. The second kappa shape index (κ2) is 7.95. The second-order valence-corrected chi connectivity index (χ2v) is 11.0. The molecule has 29 heavy (non-hydrogen) atoms. The van der Waals surface area contributed by atoms with Gasteiger partial charge in [0.1, 0.15) is 4.90 Å². The third kappa shape index (κ3) is 4.06. The first-order valence-corrected chi connectivity index (χ1v) is 12.5. The molecule has 0 aliphatic heterocycles. The van der Waals surface area contributed by atoms with Gasteiger partial charge in [0.15, 0.2) is 5.43 Å². The molecule has 1 N–H and O–H groups in total. The first-order chi connectivity index (χ1) is 13.8. The number of benzene rings is 2. The summed E-state index contributed by atoms with van der Waals surface area (Å²) in [4.78, 5) is 14.4. The van der Waals surface area contributed by atoms with Crippen molar-refractivity contribution in [1.29, 1.82) is 0 Å². The number of sulfonamides is 1. The fourth-order valence-electron chi connectivity index (χ4n) is 3.73. The largest absolute Gasteiger partial charge is 0.289 e. The number of nitrogens with one attached hydrogen (secondary N) is 1. The lowest BCUT2D eigenvalue weighted by Gasteiger charge is -2.22. The maximum absolute atomic E-state index is 12.9. The first-order valence-electron chi connectivity index (χ1n) is 9.38. The van der Waals surface area contributed by atoms with E-state index in [1.54, 1.807) is 41.7 Å². The minimum Gasteiger partial charge on any atom is -0.289 e. The third-order valence-electron chi connectivity index (χ3n) is 5.39. The molecule has 1 unspecified atom stereocenters. The SMILES string of the molecule is CCC1CCc2c(sc3cc(NS(=O)(=O)c4cc(Cl)ccc4S)ccc3c2=O)C1. The minimum atomic E-state index is -3.86. The summed E-state index contributed by atoms with van der Waals surface area (Å²) in [6, 6.07) is 9.56. The molecular weight excluding hydrogens is 446 g/mol. The quantitative estimate of drug-likeness (QED) is 0.498. The van der Waals surface area contributed by atoms with Crippen molar-refractivity contribution in [2.45, 2.75) is 42.4 Å². The molecule has 8 heteroatoms. The molecule has 0 saturated heterocycles. The maximum Gasteiger partial charge on any atom is 0.263 e. The molecule has 0 fully saturated rings. The number of thiol groups is 1. The van der Waals surface area contributed by atoms with Gasteiger partial charge in [-0.15, -0.1) is 24.0 Å². The molecule has 0 amide bonds. The Morgan fingerprint density at radius 1 is 1.24 bits per heavy atom. The zero-order chi connectivity index (χ0) is 20.8. The van der Waals surface area contributed by atoms with Crippen molar-refractivity contribution in [2.24, 2.45) is 5.92 Å². The van der Waals surface area contributed by atoms with Gasteiger partial charge in [0.05, 0.1) is 5.69 Å². The number of hydrogen-bond donors (Lipinski definition) is 2. The van der Waals surface area contributed by atoms with Crippen LogP contribution in [0.15, 0.2) is 51.0 Å². The van der Waals surface area contributed by atoms with Crippen molar-refractivity contribution in [2.75, 3.05) is 4.72 Å². The molecule has 3 aromatic rings. The van der Waals surface area contributed by atoms with E-state index in [0.29, 0.717) is 26.9 Å². The Labute approximate surface area is 184 Å². The average Bonchev–Trinajstić information content (AvgIpc) is 2.69. The van der Waals surface area contributed by atoms with Gasteiger partial charge in [0.2, 0.25) is 0 Å². The van der Waals surface area contributed by atoms with E-state index < -0.39 is 10.0 Å². The van der Waals surface area contributed by atoms with Gasteiger partial charge >= 0.3 is 0 Å². The van der Waals surface area contributed by atoms with Crippen molar-refractivity contribution in [3.05, 3.63) is 62.1 Å². The van der Waals surface area contributed by atoms with Gasteiger partial charge in [0.25, 0.3) is 10.0 Å². The van der Waals surface area contributed by atoms with E-state index in [9.17, 15) is 13.2 Å². The molecular formula is C21H20ClNO3S3. The predicted octanol–water partition coefficient (Wildman–Crippen LogP) is 5.52. The Morgan fingerprint density at radius 3 is 2.79 bits per heavy atom. The molecule has 152 valence electrons. The zero-order valence-electron chi connectivity index (χ0n) is 15.7. The van der Waals surface area contributed by atoms with Gasteiger partial charge in [-0.25, -0.2) is 8.42 Å². The first kappa shape index (κ1) is 20.7. The Morgan fingerprint density at radius 2 is 2.03 bits per heavy atom. The minimum absolute atomic E-state index is 0.0119. The Balaban J connectivity index is 1.74. The van der Waals surface area contributed by atoms with Crippen LogP contribution in [0.1, 0.15) is 30.2 Å². The van der Waals surface area contributed by atoms with Crippen molar-refractivity contribution >= 4 is 61.4 Å². The van der Waals surface area contributed by atoms with Crippen LogP contribution in [-0.2, 0) is 22.9 Å². The highest BCUT2D eigenvalue weighted by Gasteiger charge is 2.23. The lowest BCUT2D eigenvalue weighted by molar-refractivity contribution is 0.448. The van der Waals surface area contributed by atoms with Gasteiger partial charge in [-0.3, -0.25) is 9.52 Å². The summed E-state index contributed by atoms with van der Waals surface area (Å²) < 4.78 is 29.0. The third-order valence-corrected chi connectivity index (χ3v) is 8.80. The van der Waals surface area contributed by atoms with Crippen molar-refractivity contribution in [3.8, 4) is 0 Å². The van der Waals surface area contributed by atoms with E-state index in [-0.39, 0.29) is 10.3 Å². The Hall–Kier alpha value is -1.54. The lowest BCUT2D eigenvalue weighted by Crippen LogP contribution is -2.20. The molecule has 4 rings (SSSR count). The van der Waals surface area contributed by atoms with Crippen molar-refractivity contribution in [1.82, 2.24) is 0 Å². The molecule has 2 aromatic carbocycles. The van der Waals surface area contributed by atoms with E-state index in [4.69, 9.17) is 11.6 Å². The van der Waals surface area contributed by atoms with Gasteiger partial charge in [-0.1, -0.05) is 24.9 Å². The number of fused-ring (bicyclic) bond motifs is 2. The standard InChI is InChI=1S/C21H20ClNO3S3/c1-2-12-3-6-15-18(9-12)28-19-11-14(5-7-16(19)21(15)24)23-29(25,26)20-10-13(22)4-8-17(20)27/h4-5,7-8,10-12,23,27H,2-3,6,9H2,1H3. The number of rotatable bonds is 4. The van der Waals surface area contributed by atoms with Crippen LogP contribution in [0.3, 0.4) is 0 Å². The van der Waals surface area contributed by atoms with Gasteiger partial charge in [-0.2, -0.15) is 0 Å². The molecule has 0 bridgehead atoms. The zero-order valence-corrected chi connectivity index (χ0v) is 19.0. The Kier molecular flexibility index (Phi) is 5.68. The van der Waals surface area contributed by atoms with Crippen LogP contribution in [0.4, 0.5) is 5.69 Å². The van der Waals surface area contributed by atoms with Gasteiger partial charge < -0.3 is 0 Å². The van der Waals surface area contributed by atoms with E-state index in [1.807, 2.05) is 0 Å². The average molecular weight is 466 g/mol. The molecule has 1 heterocycles. The molecule has 1 aliphatic rings. The predicted molar refractivity (Wildman–Crippen MR) is 123 cm³/mol. The number of halogens is 1. The number of anilines is 1. The summed E-state index contributed by atoms with van der Waals surface area (Å²) in [7, 11) is -3.86. The summed E-state index contributed by atoms with van der Waals surface area (Å²) in [5.41, 5.74) is 1.41. The highest BCUT2D eigenvalue weighted by Crippen LogP contribution is 2.33. The maximum atomic E-state index is 12.9. The van der Waals surface area contributed by atoms with Crippen LogP contribution < -0.4 is 10.2 Å². The van der Waals surface area contributed by atoms with Crippen LogP contribution in [0.5, 0.6) is 0 Å². The van der Waals surface area contributed by atoms with Crippen molar-refractivity contribution < 1.29 is 8.42 Å². The molecule has 1 atom stereocenters. The van der Waals surface area contributed by atoms with E-state index in [2.05, 4.69) is 24.3 Å². The summed E-state index contributed by atoms with van der Waals surface area (Å²) >= 11 is 11.8. The van der Waals surface area contributed by atoms with Crippen LogP contribution in [-0.4, -0.2) is 8.42 Å². The normalized spacial score (nSPS) is 16.6. The van der Waals surface area contributed by atoms with Crippen LogP contribution in [0.2, 0.25) is 5.02 Å². The molecule has 4 nitrogen and oxygen atoms in total.